The van der Waals surface area contributed by atoms with Gasteiger partial charge in [0.2, 0.25) is 0 Å². The van der Waals surface area contributed by atoms with Crippen LogP contribution in [0.3, 0.4) is 0 Å². The number of alkyl carbamates (subject to hydrolysis) is 1. The molecule has 7 heteroatoms. The third-order valence-corrected chi connectivity index (χ3v) is 2.24. The minimum Gasteiger partial charge on any atom is -0.444 e. The number of rotatable bonds is 4. The number of nitrogens with one attached hydrogen (secondary N) is 1. The van der Waals surface area contributed by atoms with Crippen LogP contribution in [-0.2, 0) is 11.2 Å². The summed E-state index contributed by atoms with van der Waals surface area (Å²) < 4.78 is 44.8. The van der Waals surface area contributed by atoms with Crippen LogP contribution in [0, 0.1) is 0 Å². The molecule has 1 N–H and O–H groups in total. The third-order valence-electron chi connectivity index (χ3n) is 2.24. The third kappa shape index (κ3) is 8.06. The number of hydrogen-bond acceptors (Lipinski definition) is 3. The maximum absolute atomic E-state index is 12.0. The molecule has 0 spiro atoms. The van der Waals surface area contributed by atoms with Crippen molar-refractivity contribution in [3.05, 3.63) is 29.8 Å². The molecule has 1 amide bonds. The van der Waals surface area contributed by atoms with E-state index in [4.69, 9.17) is 4.74 Å². The molecule has 0 aliphatic heterocycles. The Morgan fingerprint density at radius 1 is 1.14 bits per heavy atom. The van der Waals surface area contributed by atoms with Gasteiger partial charge in [-0.2, -0.15) is 0 Å². The SMILES string of the molecule is CC(C)(C)OC(=O)NCCc1ccc(OC(F)(F)F)cc1. The van der Waals surface area contributed by atoms with E-state index in [0.29, 0.717) is 13.0 Å². The fourth-order valence-corrected chi connectivity index (χ4v) is 1.48. The number of alkyl halides is 3. The summed E-state index contributed by atoms with van der Waals surface area (Å²) in [7, 11) is 0. The van der Waals surface area contributed by atoms with E-state index in [2.05, 4.69) is 10.1 Å². The van der Waals surface area contributed by atoms with Gasteiger partial charge < -0.3 is 14.8 Å². The van der Waals surface area contributed by atoms with Crippen molar-refractivity contribution in [3.8, 4) is 5.75 Å². The lowest BCUT2D eigenvalue weighted by atomic mass is 10.1. The van der Waals surface area contributed by atoms with Gasteiger partial charge in [-0.15, -0.1) is 13.2 Å². The second kappa shape index (κ2) is 6.69. The van der Waals surface area contributed by atoms with E-state index >= 15 is 0 Å². The summed E-state index contributed by atoms with van der Waals surface area (Å²) in [6.07, 6.45) is -4.75. The van der Waals surface area contributed by atoms with Crippen molar-refractivity contribution in [2.75, 3.05) is 6.54 Å². The van der Waals surface area contributed by atoms with Crippen molar-refractivity contribution in [2.45, 2.75) is 39.2 Å². The molecule has 0 atom stereocenters. The molecule has 0 bridgehead atoms. The number of amides is 1. The van der Waals surface area contributed by atoms with Crippen LogP contribution in [0.15, 0.2) is 24.3 Å². The van der Waals surface area contributed by atoms with E-state index < -0.39 is 18.1 Å². The zero-order valence-electron chi connectivity index (χ0n) is 12.1. The topological polar surface area (TPSA) is 47.6 Å². The summed E-state index contributed by atoms with van der Waals surface area (Å²) in [5.41, 5.74) is 0.210. The van der Waals surface area contributed by atoms with Crippen molar-refractivity contribution in [1.29, 1.82) is 0 Å². The average molecular weight is 305 g/mol. The zero-order valence-corrected chi connectivity index (χ0v) is 12.1. The van der Waals surface area contributed by atoms with Gasteiger partial charge in [-0.1, -0.05) is 12.1 Å². The Morgan fingerprint density at radius 2 is 1.71 bits per heavy atom. The lowest BCUT2D eigenvalue weighted by Crippen LogP contribution is -2.33. The molecule has 0 fully saturated rings. The first-order valence-corrected chi connectivity index (χ1v) is 6.37. The van der Waals surface area contributed by atoms with E-state index in [1.54, 1.807) is 20.8 Å². The summed E-state index contributed by atoms with van der Waals surface area (Å²) >= 11 is 0. The number of benzene rings is 1. The standard InChI is InChI=1S/C14H18F3NO3/c1-13(2,3)21-12(19)18-9-8-10-4-6-11(7-5-10)20-14(15,16)17/h4-7H,8-9H2,1-3H3,(H,18,19). The maximum atomic E-state index is 12.0. The normalized spacial score (nSPS) is 11.9. The van der Waals surface area contributed by atoms with Crippen molar-refractivity contribution in [1.82, 2.24) is 5.32 Å². The molecule has 1 aromatic carbocycles. The minimum absolute atomic E-state index is 0.272. The number of ether oxygens (including phenoxy) is 2. The highest BCUT2D eigenvalue weighted by molar-refractivity contribution is 5.67. The number of carbonyl (C=O) groups is 1. The van der Waals surface area contributed by atoms with Gasteiger partial charge >= 0.3 is 12.5 Å². The molecule has 0 radical (unpaired) electrons. The minimum atomic E-state index is -4.69. The van der Waals surface area contributed by atoms with Crippen LogP contribution in [0.2, 0.25) is 0 Å². The Balaban J connectivity index is 2.38. The quantitative estimate of drug-likeness (QED) is 0.923. The Labute approximate surface area is 121 Å². The van der Waals surface area contributed by atoms with Crippen molar-refractivity contribution in [3.63, 3.8) is 0 Å². The molecule has 0 unspecified atom stereocenters. The molecular weight excluding hydrogens is 287 g/mol. The van der Waals surface area contributed by atoms with Gasteiger partial charge in [-0.25, -0.2) is 4.79 Å². The summed E-state index contributed by atoms with van der Waals surface area (Å²) in [5.74, 6) is -0.272. The van der Waals surface area contributed by atoms with Gasteiger partial charge in [0.1, 0.15) is 11.4 Å². The first-order valence-electron chi connectivity index (χ1n) is 6.37. The molecular formula is C14H18F3NO3. The predicted octanol–water partition coefficient (Wildman–Crippen LogP) is 3.65. The summed E-state index contributed by atoms with van der Waals surface area (Å²) in [4.78, 5) is 11.4. The van der Waals surface area contributed by atoms with Crippen molar-refractivity contribution in [2.24, 2.45) is 0 Å². The van der Waals surface area contributed by atoms with Crippen LogP contribution in [0.4, 0.5) is 18.0 Å². The number of carbonyl (C=O) groups excluding carboxylic acids is 1. The Morgan fingerprint density at radius 3 is 2.19 bits per heavy atom. The zero-order chi connectivity index (χ0) is 16.1. The van der Waals surface area contributed by atoms with Crippen molar-refractivity contribution >= 4 is 6.09 Å². The van der Waals surface area contributed by atoms with E-state index in [9.17, 15) is 18.0 Å². The average Bonchev–Trinajstić information content (AvgIpc) is 2.27. The highest BCUT2D eigenvalue weighted by Gasteiger charge is 2.30. The lowest BCUT2D eigenvalue weighted by Gasteiger charge is -2.19. The summed E-state index contributed by atoms with van der Waals surface area (Å²) in [6.45, 7) is 5.60. The van der Waals surface area contributed by atoms with Gasteiger partial charge in [-0.05, 0) is 44.9 Å². The largest absolute Gasteiger partial charge is 0.573 e. The molecule has 0 aromatic heterocycles. The van der Waals surface area contributed by atoms with Gasteiger partial charge in [0.25, 0.3) is 0 Å². The maximum Gasteiger partial charge on any atom is 0.573 e. The molecule has 0 aliphatic carbocycles. The van der Waals surface area contributed by atoms with Crippen LogP contribution in [0.25, 0.3) is 0 Å². The molecule has 0 saturated heterocycles. The van der Waals surface area contributed by atoms with Crippen LogP contribution >= 0.6 is 0 Å². The highest BCUT2D eigenvalue weighted by atomic mass is 19.4. The Bertz CT molecular complexity index is 464. The van der Waals surface area contributed by atoms with E-state index in [1.165, 1.54) is 24.3 Å². The number of halogens is 3. The molecule has 0 aliphatic rings. The van der Waals surface area contributed by atoms with E-state index in [-0.39, 0.29) is 5.75 Å². The lowest BCUT2D eigenvalue weighted by molar-refractivity contribution is -0.274. The summed E-state index contributed by atoms with van der Waals surface area (Å²) in [5, 5.41) is 2.57. The van der Waals surface area contributed by atoms with E-state index in [0.717, 1.165) is 5.56 Å². The predicted molar refractivity (Wildman–Crippen MR) is 71.1 cm³/mol. The molecule has 0 heterocycles. The highest BCUT2D eigenvalue weighted by Crippen LogP contribution is 2.22. The van der Waals surface area contributed by atoms with Gasteiger partial charge in [0.05, 0.1) is 0 Å². The Hall–Kier alpha value is -1.92. The molecule has 1 aromatic rings. The molecule has 118 valence electrons. The second-order valence-corrected chi connectivity index (χ2v) is 5.37. The first kappa shape index (κ1) is 17.1. The molecule has 1 rings (SSSR count). The van der Waals surface area contributed by atoms with Gasteiger partial charge in [-0.3, -0.25) is 0 Å². The van der Waals surface area contributed by atoms with Crippen LogP contribution in [-0.4, -0.2) is 24.6 Å². The first-order chi connectivity index (χ1) is 9.55. The molecule has 21 heavy (non-hydrogen) atoms. The number of hydrogen-bond donors (Lipinski definition) is 1. The Kier molecular flexibility index (Phi) is 5.46. The van der Waals surface area contributed by atoms with Gasteiger partial charge in [0, 0.05) is 6.54 Å². The van der Waals surface area contributed by atoms with E-state index in [1.807, 2.05) is 0 Å². The van der Waals surface area contributed by atoms with Crippen LogP contribution < -0.4 is 10.1 Å². The molecule has 0 saturated carbocycles. The van der Waals surface area contributed by atoms with Crippen molar-refractivity contribution < 1.29 is 27.4 Å². The smallest absolute Gasteiger partial charge is 0.444 e. The molecule has 4 nitrogen and oxygen atoms in total. The summed E-state index contributed by atoms with van der Waals surface area (Å²) in [6, 6.07) is 5.49. The van der Waals surface area contributed by atoms with Crippen LogP contribution in [0.5, 0.6) is 5.75 Å². The monoisotopic (exact) mass is 305 g/mol. The fraction of sp³-hybridized carbons (Fsp3) is 0.500. The van der Waals surface area contributed by atoms with Crippen LogP contribution in [0.1, 0.15) is 26.3 Å². The second-order valence-electron chi connectivity index (χ2n) is 5.37. The van der Waals surface area contributed by atoms with Gasteiger partial charge in [0.15, 0.2) is 0 Å². The fourth-order valence-electron chi connectivity index (χ4n) is 1.48.